The number of quaternary nitrogens is 1. The van der Waals surface area contributed by atoms with Gasteiger partial charge in [0.1, 0.15) is 19.8 Å². The monoisotopic (exact) mass is 810 g/mol. The smallest absolute Gasteiger partial charge is 0.306 e. The number of unbranched alkanes of at least 4 members (excludes halogenated alkanes) is 18. The lowest BCUT2D eigenvalue weighted by Gasteiger charge is -2.28. The standard InChI is InChI=1S/C46H84NO8P/c1-6-8-10-12-14-16-18-20-21-22-23-24-25-27-29-31-33-35-37-39-46(49)55-44(43-54-56(50,51)53-41-40-47(3,4)5)42-52-45(48)38-36-34-32-30-28-26-19-17-15-13-11-9-7-2/h11,13-14,16-17,19-21,44H,6-10,12,15,18,22-43H2,1-5H3/b13-11-,16-14-,19-17-,21-20-. The van der Waals surface area contributed by atoms with Gasteiger partial charge in [0.25, 0.3) is 7.82 Å². The second-order valence-corrected chi connectivity index (χ2v) is 17.5. The summed E-state index contributed by atoms with van der Waals surface area (Å²) in [5, 5.41) is 0. The molecule has 326 valence electrons. The summed E-state index contributed by atoms with van der Waals surface area (Å²) in [7, 11) is 1.15. The number of rotatable bonds is 40. The van der Waals surface area contributed by atoms with Gasteiger partial charge in [0.15, 0.2) is 6.10 Å². The molecule has 10 heteroatoms. The molecule has 0 rings (SSSR count). The van der Waals surface area contributed by atoms with Crippen molar-refractivity contribution in [1.82, 2.24) is 0 Å². The fourth-order valence-corrected chi connectivity index (χ4v) is 6.51. The van der Waals surface area contributed by atoms with Crippen LogP contribution in [0.25, 0.3) is 0 Å². The van der Waals surface area contributed by atoms with E-state index in [0.29, 0.717) is 23.9 Å². The average Bonchev–Trinajstić information content (AvgIpc) is 3.15. The Morgan fingerprint density at radius 1 is 0.554 bits per heavy atom. The number of phosphoric acid groups is 1. The van der Waals surface area contributed by atoms with E-state index in [1.54, 1.807) is 0 Å². The zero-order chi connectivity index (χ0) is 41.4. The Kier molecular flexibility index (Phi) is 37.1. The van der Waals surface area contributed by atoms with Crippen LogP contribution in [-0.2, 0) is 32.7 Å². The van der Waals surface area contributed by atoms with Crippen molar-refractivity contribution in [1.29, 1.82) is 0 Å². The third kappa shape index (κ3) is 41.6. The van der Waals surface area contributed by atoms with Gasteiger partial charge in [-0.2, -0.15) is 0 Å². The first-order valence-electron chi connectivity index (χ1n) is 22.3. The lowest BCUT2D eigenvalue weighted by Crippen LogP contribution is -2.37. The van der Waals surface area contributed by atoms with Crippen molar-refractivity contribution in [2.45, 2.75) is 187 Å². The summed E-state index contributed by atoms with van der Waals surface area (Å²) in [4.78, 5) is 37.5. The van der Waals surface area contributed by atoms with Gasteiger partial charge in [-0.3, -0.25) is 14.2 Å². The van der Waals surface area contributed by atoms with Crippen molar-refractivity contribution in [3.63, 3.8) is 0 Å². The molecule has 0 aliphatic carbocycles. The lowest BCUT2D eigenvalue weighted by atomic mass is 10.1. The van der Waals surface area contributed by atoms with Crippen molar-refractivity contribution in [2.24, 2.45) is 0 Å². The molecule has 9 nitrogen and oxygen atoms in total. The predicted octanol–water partition coefficient (Wildman–Crippen LogP) is 12.1. The maximum atomic E-state index is 12.7. The van der Waals surface area contributed by atoms with Gasteiger partial charge in [-0.15, -0.1) is 0 Å². The fraction of sp³-hybridized carbons (Fsp3) is 0.783. The minimum atomic E-state index is -4.63. The number of ether oxygens (including phenoxy) is 2. The van der Waals surface area contributed by atoms with E-state index in [9.17, 15) is 19.0 Å². The van der Waals surface area contributed by atoms with Gasteiger partial charge >= 0.3 is 11.9 Å². The van der Waals surface area contributed by atoms with Crippen LogP contribution in [0.15, 0.2) is 48.6 Å². The topological polar surface area (TPSA) is 111 Å². The molecule has 0 heterocycles. The molecule has 0 radical (unpaired) electrons. The number of nitrogens with zero attached hydrogens (tertiary/aromatic N) is 1. The van der Waals surface area contributed by atoms with Crippen LogP contribution in [0.3, 0.4) is 0 Å². The quantitative estimate of drug-likeness (QED) is 0.0198. The number of esters is 2. The summed E-state index contributed by atoms with van der Waals surface area (Å²) in [6.07, 6.45) is 44.2. The maximum Gasteiger partial charge on any atom is 0.306 e. The normalized spacial score (nSPS) is 14.0. The van der Waals surface area contributed by atoms with Crippen molar-refractivity contribution in [3.05, 3.63) is 48.6 Å². The second-order valence-electron chi connectivity index (χ2n) is 16.1. The Morgan fingerprint density at radius 3 is 1.48 bits per heavy atom. The Hall–Kier alpha value is -2.03. The number of phosphoric ester groups is 1. The molecule has 0 aromatic heterocycles. The van der Waals surface area contributed by atoms with Crippen molar-refractivity contribution in [2.75, 3.05) is 47.5 Å². The van der Waals surface area contributed by atoms with Gasteiger partial charge in [0.2, 0.25) is 0 Å². The van der Waals surface area contributed by atoms with Gasteiger partial charge in [-0.25, -0.2) is 0 Å². The minimum Gasteiger partial charge on any atom is -0.756 e. The number of carbonyl (C=O) groups is 2. The highest BCUT2D eigenvalue weighted by atomic mass is 31.2. The molecule has 0 saturated carbocycles. The number of hydrogen-bond donors (Lipinski definition) is 0. The zero-order valence-electron chi connectivity index (χ0n) is 36.6. The molecule has 2 unspecified atom stereocenters. The van der Waals surface area contributed by atoms with Crippen LogP contribution in [0.5, 0.6) is 0 Å². The highest BCUT2D eigenvalue weighted by molar-refractivity contribution is 7.45. The molecule has 0 amide bonds. The molecule has 0 aromatic rings. The van der Waals surface area contributed by atoms with E-state index in [-0.39, 0.29) is 26.1 Å². The maximum absolute atomic E-state index is 12.7. The number of carbonyl (C=O) groups excluding carboxylic acids is 2. The summed E-state index contributed by atoms with van der Waals surface area (Å²) >= 11 is 0. The van der Waals surface area contributed by atoms with Gasteiger partial charge in [0.05, 0.1) is 27.7 Å². The highest BCUT2D eigenvalue weighted by Gasteiger charge is 2.21. The Bertz CT molecular complexity index is 1100. The van der Waals surface area contributed by atoms with E-state index < -0.39 is 32.5 Å². The molecule has 0 bridgehead atoms. The van der Waals surface area contributed by atoms with Crippen LogP contribution in [0.2, 0.25) is 0 Å². The van der Waals surface area contributed by atoms with Crippen LogP contribution < -0.4 is 4.89 Å². The van der Waals surface area contributed by atoms with Crippen LogP contribution in [0.1, 0.15) is 181 Å². The van der Waals surface area contributed by atoms with Crippen molar-refractivity contribution in [3.8, 4) is 0 Å². The third-order valence-electron chi connectivity index (χ3n) is 9.30. The van der Waals surface area contributed by atoms with Gasteiger partial charge in [-0.1, -0.05) is 146 Å². The van der Waals surface area contributed by atoms with Crippen LogP contribution in [0, 0.1) is 0 Å². The molecule has 0 aliphatic rings. The van der Waals surface area contributed by atoms with Crippen molar-refractivity contribution < 1.29 is 42.1 Å². The van der Waals surface area contributed by atoms with Gasteiger partial charge in [0, 0.05) is 12.8 Å². The van der Waals surface area contributed by atoms with Crippen LogP contribution >= 0.6 is 7.82 Å². The molecule has 0 aromatic carbocycles. The first-order chi connectivity index (χ1) is 27.0. The van der Waals surface area contributed by atoms with E-state index in [0.717, 1.165) is 77.0 Å². The Labute approximate surface area is 343 Å². The minimum absolute atomic E-state index is 0.0354. The molecule has 56 heavy (non-hydrogen) atoms. The third-order valence-corrected chi connectivity index (χ3v) is 10.3. The van der Waals surface area contributed by atoms with Crippen LogP contribution in [-0.4, -0.2) is 70.0 Å². The van der Waals surface area contributed by atoms with Gasteiger partial charge in [-0.05, 0) is 70.6 Å². The van der Waals surface area contributed by atoms with E-state index in [1.165, 1.54) is 64.2 Å². The van der Waals surface area contributed by atoms with E-state index >= 15 is 0 Å². The fourth-order valence-electron chi connectivity index (χ4n) is 5.78. The van der Waals surface area contributed by atoms with E-state index in [4.69, 9.17) is 18.5 Å². The van der Waals surface area contributed by atoms with Gasteiger partial charge < -0.3 is 27.9 Å². The summed E-state index contributed by atoms with van der Waals surface area (Å²) < 4.78 is 33.9. The average molecular weight is 810 g/mol. The largest absolute Gasteiger partial charge is 0.756 e. The predicted molar refractivity (Wildman–Crippen MR) is 231 cm³/mol. The summed E-state index contributed by atoms with van der Waals surface area (Å²) in [6, 6.07) is 0. The Morgan fingerprint density at radius 2 is 1.00 bits per heavy atom. The van der Waals surface area contributed by atoms with E-state index in [1.807, 2.05) is 21.1 Å². The SMILES string of the molecule is CCC/C=C\C/C=C\CCCCCCCC(=O)OCC(COP(=O)([O-])OCC[N+](C)(C)C)OC(=O)CCCCCCCCCCC/C=C\C/C=C\CCCCC. The van der Waals surface area contributed by atoms with Crippen LogP contribution in [0.4, 0.5) is 0 Å². The molecule has 0 spiro atoms. The summed E-state index contributed by atoms with van der Waals surface area (Å²) in [5.74, 6) is -0.857. The van der Waals surface area contributed by atoms with Crippen molar-refractivity contribution >= 4 is 19.8 Å². The summed E-state index contributed by atoms with van der Waals surface area (Å²) in [6.45, 7) is 4.11. The second kappa shape index (κ2) is 38.5. The molecule has 2 atom stereocenters. The molecular formula is C46H84NO8P. The highest BCUT2D eigenvalue weighted by Crippen LogP contribution is 2.38. The molecular weight excluding hydrogens is 725 g/mol. The number of likely N-dealkylation sites (N-methyl/N-ethyl adjacent to an activating group) is 1. The first kappa shape index (κ1) is 54.0. The molecule has 0 saturated heterocycles. The lowest BCUT2D eigenvalue weighted by molar-refractivity contribution is -0.870. The summed E-state index contributed by atoms with van der Waals surface area (Å²) in [5.41, 5.74) is 0. The van der Waals surface area contributed by atoms with E-state index in [2.05, 4.69) is 62.5 Å². The molecule has 0 fully saturated rings. The first-order valence-corrected chi connectivity index (χ1v) is 23.8. The number of allylic oxidation sites excluding steroid dienone is 8. The molecule has 0 N–H and O–H groups in total. The number of hydrogen-bond acceptors (Lipinski definition) is 8. The molecule has 0 aliphatic heterocycles. The Balaban J connectivity index is 4.35. The zero-order valence-corrected chi connectivity index (χ0v) is 37.5.